The number of hydrogen-bond acceptors (Lipinski definition) is 1. The lowest BCUT2D eigenvalue weighted by Gasteiger charge is -2.11. The summed E-state index contributed by atoms with van der Waals surface area (Å²) >= 11 is 0. The maximum atomic E-state index is 10.0. The van der Waals surface area contributed by atoms with Gasteiger partial charge < -0.3 is 5.11 Å². The van der Waals surface area contributed by atoms with Crippen LogP contribution in [0.3, 0.4) is 0 Å². The standard InChI is InChI=1S/C20H26.C19H24O.C19H24/c1-2-3-10-19-15-9-16-20(17-19)14-8-7-13-18-11-5-4-6-12-18;1-2-8-19(20)18-14-7-13-17(15-18)12-6-11-16-9-4-3-5-10-16;1-2-3-9-18-14-8-15-19(16-18)13-7-12-17-10-5-4-6-11-17/h4-6,9,11-12,15-17H,2-3,7-8,10,13-14H2,1H3;3-5,7,9-10,13-15,19-20H,2,6,8,11-12H2,1H3;4-6,8,10-11,14-16H,2-3,7,9,12-13H2,1H3. The van der Waals surface area contributed by atoms with Crippen LogP contribution in [0.25, 0.3) is 0 Å². The monoisotopic (exact) mass is 787 g/mol. The molecule has 1 unspecified atom stereocenters. The van der Waals surface area contributed by atoms with Crippen LogP contribution in [0.1, 0.15) is 141 Å². The number of unbranched alkanes of at least 4 members (excludes halogenated alkanes) is 3. The molecule has 0 bridgehead atoms. The molecule has 312 valence electrons. The lowest BCUT2D eigenvalue weighted by Crippen LogP contribution is -1.98. The van der Waals surface area contributed by atoms with E-state index in [1.807, 2.05) is 6.07 Å². The fourth-order valence-corrected chi connectivity index (χ4v) is 7.62. The van der Waals surface area contributed by atoms with E-state index in [2.05, 4.69) is 178 Å². The zero-order valence-electron chi connectivity index (χ0n) is 36.8. The topological polar surface area (TPSA) is 20.2 Å². The second-order valence-electron chi connectivity index (χ2n) is 16.3. The van der Waals surface area contributed by atoms with Gasteiger partial charge in [-0.3, -0.25) is 0 Å². The van der Waals surface area contributed by atoms with Crippen molar-refractivity contribution >= 4 is 0 Å². The Morgan fingerprint density at radius 2 is 0.610 bits per heavy atom. The molecule has 0 saturated heterocycles. The van der Waals surface area contributed by atoms with E-state index in [1.165, 1.54) is 128 Å². The average molecular weight is 787 g/mol. The van der Waals surface area contributed by atoms with Crippen molar-refractivity contribution < 1.29 is 5.11 Å². The van der Waals surface area contributed by atoms with Gasteiger partial charge >= 0.3 is 0 Å². The molecule has 0 saturated carbocycles. The first-order chi connectivity index (χ1) is 29.1. The Bertz CT molecular complexity index is 1910. The normalized spacial score (nSPS) is 11.2. The van der Waals surface area contributed by atoms with Gasteiger partial charge in [0.1, 0.15) is 0 Å². The van der Waals surface area contributed by atoms with E-state index < -0.39 is 0 Å². The molecular formula is C58H74O. The van der Waals surface area contributed by atoms with E-state index in [0.717, 1.165) is 37.7 Å². The molecular weight excluding hydrogens is 713 g/mol. The number of aryl methyl sites for hydroxylation is 8. The molecule has 6 aromatic carbocycles. The van der Waals surface area contributed by atoms with Crippen molar-refractivity contribution in [2.45, 2.75) is 142 Å². The zero-order valence-corrected chi connectivity index (χ0v) is 36.8. The van der Waals surface area contributed by atoms with Crippen molar-refractivity contribution in [2.75, 3.05) is 0 Å². The highest BCUT2D eigenvalue weighted by atomic mass is 16.3. The van der Waals surface area contributed by atoms with E-state index in [4.69, 9.17) is 0 Å². The van der Waals surface area contributed by atoms with Gasteiger partial charge in [-0.1, -0.05) is 204 Å². The van der Waals surface area contributed by atoms with Crippen LogP contribution in [-0.2, 0) is 51.4 Å². The molecule has 0 spiro atoms. The van der Waals surface area contributed by atoms with Gasteiger partial charge in [-0.25, -0.2) is 0 Å². The molecule has 0 aliphatic rings. The smallest absolute Gasteiger partial charge is 0.0790 e. The lowest BCUT2D eigenvalue weighted by molar-refractivity contribution is 0.166. The van der Waals surface area contributed by atoms with Gasteiger partial charge in [0.05, 0.1) is 6.10 Å². The minimum Gasteiger partial charge on any atom is -0.388 e. The molecule has 6 rings (SSSR count). The third-order valence-electron chi connectivity index (χ3n) is 11.1. The van der Waals surface area contributed by atoms with Gasteiger partial charge in [-0.05, 0) is 146 Å². The third kappa shape index (κ3) is 20.2. The summed E-state index contributed by atoms with van der Waals surface area (Å²) in [7, 11) is 0. The first kappa shape index (κ1) is 47.0. The third-order valence-corrected chi connectivity index (χ3v) is 11.1. The summed E-state index contributed by atoms with van der Waals surface area (Å²) in [6, 6.07) is 58.9. The summed E-state index contributed by atoms with van der Waals surface area (Å²) in [4.78, 5) is 0. The highest BCUT2D eigenvalue weighted by Gasteiger charge is 2.07. The van der Waals surface area contributed by atoms with Crippen LogP contribution >= 0.6 is 0 Å². The van der Waals surface area contributed by atoms with Gasteiger partial charge in [0.25, 0.3) is 0 Å². The van der Waals surface area contributed by atoms with Crippen LogP contribution in [0.5, 0.6) is 0 Å². The molecule has 0 amide bonds. The molecule has 1 N–H and O–H groups in total. The maximum absolute atomic E-state index is 10.0. The van der Waals surface area contributed by atoms with Crippen LogP contribution in [0.15, 0.2) is 164 Å². The van der Waals surface area contributed by atoms with E-state index in [9.17, 15) is 5.11 Å². The number of rotatable bonds is 22. The van der Waals surface area contributed by atoms with Crippen LogP contribution in [0.2, 0.25) is 0 Å². The second-order valence-corrected chi connectivity index (χ2v) is 16.3. The van der Waals surface area contributed by atoms with Crippen molar-refractivity contribution in [1.82, 2.24) is 0 Å². The van der Waals surface area contributed by atoms with Gasteiger partial charge in [-0.2, -0.15) is 0 Å². The summed E-state index contributed by atoms with van der Waals surface area (Å²) in [5.41, 5.74) is 12.7. The Balaban J connectivity index is 0.000000196. The van der Waals surface area contributed by atoms with E-state index in [0.29, 0.717) is 0 Å². The predicted molar refractivity (Wildman–Crippen MR) is 256 cm³/mol. The van der Waals surface area contributed by atoms with Gasteiger partial charge in [-0.15, -0.1) is 0 Å². The minimum absolute atomic E-state index is 0.311. The molecule has 0 heterocycles. The summed E-state index contributed by atoms with van der Waals surface area (Å²) in [6.07, 6.45) is 21.1. The molecule has 0 fully saturated rings. The number of aliphatic hydroxyl groups is 1. The van der Waals surface area contributed by atoms with Crippen LogP contribution in [0.4, 0.5) is 0 Å². The minimum atomic E-state index is -0.311. The Hall–Kier alpha value is -4.72. The quantitative estimate of drug-likeness (QED) is 0.0680. The maximum Gasteiger partial charge on any atom is 0.0790 e. The molecule has 1 heteroatoms. The molecule has 1 nitrogen and oxygen atoms in total. The Kier molecular flexibility index (Phi) is 23.5. The van der Waals surface area contributed by atoms with Crippen LogP contribution in [0, 0.1) is 0 Å². The molecule has 1 atom stereocenters. The van der Waals surface area contributed by atoms with Gasteiger partial charge in [0.2, 0.25) is 0 Å². The van der Waals surface area contributed by atoms with Crippen molar-refractivity contribution in [3.8, 4) is 0 Å². The fourth-order valence-electron chi connectivity index (χ4n) is 7.62. The van der Waals surface area contributed by atoms with Crippen molar-refractivity contribution in [3.05, 3.63) is 214 Å². The first-order valence-corrected chi connectivity index (χ1v) is 23.1. The van der Waals surface area contributed by atoms with Crippen LogP contribution in [-0.4, -0.2) is 5.11 Å². The molecule has 0 aliphatic heterocycles. The van der Waals surface area contributed by atoms with E-state index in [-0.39, 0.29) is 6.10 Å². The van der Waals surface area contributed by atoms with Crippen LogP contribution < -0.4 is 0 Å². The Labute approximate surface area is 360 Å². The number of aliphatic hydroxyl groups excluding tert-OH is 1. The highest BCUT2D eigenvalue weighted by molar-refractivity contribution is 5.27. The summed E-state index contributed by atoms with van der Waals surface area (Å²) < 4.78 is 0. The predicted octanol–water partition coefficient (Wildman–Crippen LogP) is 15.5. The number of benzene rings is 6. The second kappa shape index (κ2) is 29.5. The average Bonchev–Trinajstić information content (AvgIpc) is 3.28. The van der Waals surface area contributed by atoms with Crippen molar-refractivity contribution in [1.29, 1.82) is 0 Å². The zero-order chi connectivity index (χ0) is 41.6. The summed E-state index contributed by atoms with van der Waals surface area (Å²) in [6.45, 7) is 6.62. The Morgan fingerprint density at radius 3 is 1.00 bits per heavy atom. The molecule has 6 aromatic rings. The molecule has 0 aromatic heterocycles. The fraction of sp³-hybridized carbons (Fsp3) is 0.379. The largest absolute Gasteiger partial charge is 0.388 e. The van der Waals surface area contributed by atoms with Gasteiger partial charge in [0.15, 0.2) is 0 Å². The SMILES string of the molecule is CCCC(O)c1cccc(CCCc2ccccc2)c1.CCCCc1cccc(CCCCc2ccccc2)c1.CCCCc1cccc(CCCc2ccccc2)c1. The molecule has 59 heavy (non-hydrogen) atoms. The molecule has 0 aliphatic carbocycles. The first-order valence-electron chi connectivity index (χ1n) is 23.1. The van der Waals surface area contributed by atoms with E-state index in [1.54, 1.807) is 0 Å². The Morgan fingerprint density at radius 1 is 0.305 bits per heavy atom. The molecule has 0 radical (unpaired) electrons. The summed E-state index contributed by atoms with van der Waals surface area (Å²) in [5, 5.41) is 10.0. The van der Waals surface area contributed by atoms with Crippen molar-refractivity contribution in [2.24, 2.45) is 0 Å². The van der Waals surface area contributed by atoms with Crippen molar-refractivity contribution in [3.63, 3.8) is 0 Å². The summed E-state index contributed by atoms with van der Waals surface area (Å²) in [5.74, 6) is 0. The number of hydrogen-bond donors (Lipinski definition) is 1. The van der Waals surface area contributed by atoms with E-state index >= 15 is 0 Å². The highest BCUT2D eigenvalue weighted by Crippen LogP contribution is 2.20. The van der Waals surface area contributed by atoms with Gasteiger partial charge in [0, 0.05) is 0 Å². The lowest BCUT2D eigenvalue weighted by atomic mass is 9.99.